The molecule has 3 rings (SSSR count). The molecular weight excluding hydrogens is 377 g/mol. The molecule has 2 saturated heterocycles. The molecule has 2 heterocycles. The van der Waals surface area contributed by atoms with Crippen molar-refractivity contribution in [1.29, 1.82) is 0 Å². The minimum atomic E-state index is -0.529. The van der Waals surface area contributed by atoms with Crippen LogP contribution in [0.4, 0.5) is 9.59 Å². The van der Waals surface area contributed by atoms with Gasteiger partial charge in [-0.3, -0.25) is 4.90 Å². The van der Waals surface area contributed by atoms with Crippen LogP contribution in [0.2, 0.25) is 5.02 Å². The van der Waals surface area contributed by atoms with Crippen LogP contribution in [0.1, 0.15) is 32.8 Å². The van der Waals surface area contributed by atoms with Crippen molar-refractivity contribution in [3.8, 4) is 0 Å². The van der Waals surface area contributed by atoms with Crippen LogP contribution in [0, 0.1) is 0 Å². The van der Waals surface area contributed by atoms with Gasteiger partial charge >= 0.3 is 12.1 Å². The zero-order valence-corrected chi connectivity index (χ0v) is 16.7. The van der Waals surface area contributed by atoms with Crippen molar-refractivity contribution in [3.63, 3.8) is 0 Å². The van der Waals surface area contributed by atoms with Crippen molar-refractivity contribution in [2.45, 2.75) is 44.9 Å². The third kappa shape index (κ3) is 3.86. The maximum Gasteiger partial charge on any atom is 0.410 e. The third-order valence-electron chi connectivity index (χ3n) is 4.67. The first kappa shape index (κ1) is 19.1. The first-order valence-corrected chi connectivity index (χ1v) is 9.29. The minimum absolute atomic E-state index is 0.261. The molecule has 1 aromatic rings. The van der Waals surface area contributed by atoms with Crippen LogP contribution in [-0.4, -0.2) is 57.1 Å². The minimum Gasteiger partial charge on any atom is -0.444 e. The van der Waals surface area contributed by atoms with Crippen LogP contribution in [0.5, 0.6) is 0 Å². The lowest BCUT2D eigenvalue weighted by Crippen LogP contribution is -2.79. The lowest BCUT2D eigenvalue weighted by Gasteiger charge is -2.61. The molecule has 0 aliphatic carbocycles. The van der Waals surface area contributed by atoms with E-state index in [9.17, 15) is 9.59 Å². The summed E-state index contributed by atoms with van der Waals surface area (Å²) in [5.41, 5.74) is 0.0706. The summed E-state index contributed by atoms with van der Waals surface area (Å²) in [6.45, 7) is 7.44. The van der Waals surface area contributed by atoms with Gasteiger partial charge in [-0.1, -0.05) is 23.7 Å². The standard InChI is InChI=1S/C18H23Cl2N3O3/c1-17(2,3)26-16(25)22-9-8-18(22)11-21(12-18)15(24)23(20)10-13-4-6-14(19)7-5-13/h4-7H,8-12H2,1-3H3. The lowest BCUT2D eigenvalue weighted by atomic mass is 9.78. The number of ether oxygens (including phenoxy) is 1. The van der Waals surface area contributed by atoms with E-state index >= 15 is 0 Å². The van der Waals surface area contributed by atoms with Crippen LogP contribution >= 0.6 is 23.4 Å². The fourth-order valence-electron chi connectivity index (χ4n) is 3.24. The van der Waals surface area contributed by atoms with Crippen molar-refractivity contribution >= 4 is 35.5 Å². The summed E-state index contributed by atoms with van der Waals surface area (Å²) in [7, 11) is 0. The number of nitrogens with zero attached hydrogens (tertiary/aromatic N) is 3. The molecule has 1 spiro atoms. The van der Waals surface area contributed by atoms with E-state index < -0.39 is 5.60 Å². The fraction of sp³-hybridized carbons (Fsp3) is 0.556. The van der Waals surface area contributed by atoms with Crippen LogP contribution in [-0.2, 0) is 11.3 Å². The highest BCUT2D eigenvalue weighted by Crippen LogP contribution is 2.40. The van der Waals surface area contributed by atoms with Gasteiger partial charge in [0.15, 0.2) is 0 Å². The smallest absolute Gasteiger partial charge is 0.410 e. The second-order valence-electron chi connectivity index (χ2n) is 7.89. The zero-order chi connectivity index (χ0) is 19.1. The molecule has 0 saturated carbocycles. The molecule has 26 heavy (non-hydrogen) atoms. The van der Waals surface area contributed by atoms with E-state index in [2.05, 4.69) is 0 Å². The van der Waals surface area contributed by atoms with Gasteiger partial charge in [0.2, 0.25) is 0 Å². The Labute approximate surface area is 163 Å². The molecule has 2 aliphatic rings. The summed E-state index contributed by atoms with van der Waals surface area (Å²) < 4.78 is 6.60. The monoisotopic (exact) mass is 399 g/mol. The molecule has 2 fully saturated rings. The van der Waals surface area contributed by atoms with Gasteiger partial charge in [0.1, 0.15) is 5.60 Å². The Kier molecular flexibility index (Phi) is 5.01. The number of amides is 3. The zero-order valence-electron chi connectivity index (χ0n) is 15.2. The maximum atomic E-state index is 12.5. The highest BCUT2D eigenvalue weighted by molar-refractivity contribution is 6.30. The van der Waals surface area contributed by atoms with Gasteiger partial charge in [-0.2, -0.15) is 0 Å². The Hall–Kier alpha value is -1.66. The average molecular weight is 400 g/mol. The quantitative estimate of drug-likeness (QED) is 0.702. The van der Waals surface area contributed by atoms with E-state index in [-0.39, 0.29) is 24.2 Å². The second kappa shape index (κ2) is 6.82. The Balaban J connectivity index is 1.53. The van der Waals surface area contributed by atoms with E-state index in [1.165, 1.54) is 0 Å². The van der Waals surface area contributed by atoms with Gasteiger partial charge in [0, 0.05) is 36.4 Å². The van der Waals surface area contributed by atoms with Crippen molar-refractivity contribution in [2.75, 3.05) is 19.6 Å². The van der Waals surface area contributed by atoms with Crippen LogP contribution in [0.15, 0.2) is 24.3 Å². The van der Waals surface area contributed by atoms with Crippen molar-refractivity contribution in [2.24, 2.45) is 0 Å². The number of hydrogen-bond acceptors (Lipinski definition) is 3. The molecule has 0 bridgehead atoms. The second-order valence-corrected chi connectivity index (χ2v) is 8.74. The largest absolute Gasteiger partial charge is 0.444 e. The molecule has 0 aromatic heterocycles. The molecule has 0 radical (unpaired) electrons. The van der Waals surface area contributed by atoms with Gasteiger partial charge in [0.05, 0.1) is 12.1 Å². The molecule has 6 nitrogen and oxygen atoms in total. The summed E-state index contributed by atoms with van der Waals surface area (Å²) in [6.07, 6.45) is 0.551. The normalized spacial score (nSPS) is 18.2. The highest BCUT2D eigenvalue weighted by atomic mass is 35.5. The molecule has 2 aliphatic heterocycles. The van der Waals surface area contributed by atoms with Gasteiger partial charge in [-0.05, 0) is 44.9 Å². The van der Waals surface area contributed by atoms with E-state index in [4.69, 9.17) is 28.1 Å². The van der Waals surface area contributed by atoms with E-state index in [1.54, 1.807) is 21.9 Å². The van der Waals surface area contributed by atoms with Crippen molar-refractivity contribution < 1.29 is 14.3 Å². The average Bonchev–Trinajstić information content (AvgIpc) is 2.45. The van der Waals surface area contributed by atoms with E-state index in [0.717, 1.165) is 16.4 Å². The highest BCUT2D eigenvalue weighted by Gasteiger charge is 2.58. The van der Waals surface area contributed by atoms with Crippen molar-refractivity contribution in [1.82, 2.24) is 14.2 Å². The number of carbonyl (C=O) groups excluding carboxylic acids is 2. The Morgan fingerprint density at radius 3 is 2.35 bits per heavy atom. The number of urea groups is 1. The number of hydrogen-bond donors (Lipinski definition) is 0. The fourth-order valence-corrected chi connectivity index (χ4v) is 3.61. The molecule has 0 atom stereocenters. The number of halogens is 2. The number of carbonyl (C=O) groups is 2. The molecule has 142 valence electrons. The number of rotatable bonds is 2. The van der Waals surface area contributed by atoms with Gasteiger partial charge in [0.25, 0.3) is 0 Å². The first-order valence-electron chi connectivity index (χ1n) is 8.57. The predicted molar refractivity (Wildman–Crippen MR) is 100 cm³/mol. The summed E-state index contributed by atoms with van der Waals surface area (Å²) in [4.78, 5) is 28.1. The SMILES string of the molecule is CC(C)(C)OC(=O)N1CCC12CN(C(=O)N(Cl)Cc1ccc(Cl)cc1)C2. The molecular formula is C18H23Cl2N3O3. The van der Waals surface area contributed by atoms with E-state index in [1.807, 2.05) is 32.9 Å². The number of likely N-dealkylation sites (tertiary alicyclic amines) is 2. The van der Waals surface area contributed by atoms with Gasteiger partial charge in [-0.25, -0.2) is 14.0 Å². The molecule has 0 N–H and O–H groups in total. The van der Waals surface area contributed by atoms with Crippen LogP contribution in [0.25, 0.3) is 0 Å². The Bertz CT molecular complexity index is 697. The molecule has 3 amide bonds. The molecule has 8 heteroatoms. The topological polar surface area (TPSA) is 53.1 Å². The summed E-state index contributed by atoms with van der Waals surface area (Å²) >= 11 is 12.0. The van der Waals surface area contributed by atoms with Gasteiger partial charge in [-0.15, -0.1) is 0 Å². The van der Waals surface area contributed by atoms with Crippen LogP contribution in [0.3, 0.4) is 0 Å². The molecule has 0 unspecified atom stereocenters. The lowest BCUT2D eigenvalue weighted by molar-refractivity contribution is -0.105. The predicted octanol–water partition coefficient (Wildman–Crippen LogP) is 4.11. The maximum absolute atomic E-state index is 12.5. The first-order chi connectivity index (χ1) is 12.1. The Morgan fingerprint density at radius 2 is 1.85 bits per heavy atom. The summed E-state index contributed by atoms with van der Waals surface area (Å²) in [5.74, 6) is 0. The number of benzene rings is 1. The van der Waals surface area contributed by atoms with Gasteiger partial charge < -0.3 is 9.64 Å². The molecule has 1 aromatic carbocycles. The van der Waals surface area contributed by atoms with Crippen molar-refractivity contribution in [3.05, 3.63) is 34.9 Å². The summed E-state index contributed by atoms with van der Waals surface area (Å²) in [5, 5.41) is 0.637. The Morgan fingerprint density at radius 1 is 1.23 bits per heavy atom. The summed E-state index contributed by atoms with van der Waals surface area (Å²) in [6, 6.07) is 6.93. The third-order valence-corrected chi connectivity index (χ3v) is 5.19. The van der Waals surface area contributed by atoms with Crippen LogP contribution < -0.4 is 0 Å². The van der Waals surface area contributed by atoms with E-state index in [0.29, 0.717) is 24.7 Å².